The molecule has 3 nitrogen and oxygen atoms in total. The smallest absolute Gasteiger partial charge is 0.169 e. The van der Waals surface area contributed by atoms with Crippen LogP contribution in [-0.4, -0.2) is 17.8 Å². The van der Waals surface area contributed by atoms with E-state index in [1.165, 1.54) is 0 Å². The minimum atomic E-state index is -0.215. The number of aliphatic hydroxyl groups is 1. The van der Waals surface area contributed by atoms with Crippen LogP contribution in [0, 0.1) is 0 Å². The second kappa shape index (κ2) is 3.12. The van der Waals surface area contributed by atoms with Crippen LogP contribution in [0.2, 0.25) is 0 Å². The second-order valence-corrected chi connectivity index (χ2v) is 4.43. The molecule has 0 bridgehead atoms. The molecule has 0 radical (unpaired) electrons. The lowest BCUT2D eigenvalue weighted by atomic mass is 9.65. The van der Waals surface area contributed by atoms with Gasteiger partial charge in [0.2, 0.25) is 0 Å². The third-order valence-corrected chi connectivity index (χ3v) is 3.17. The number of rotatable bonds is 2. The first-order valence-corrected chi connectivity index (χ1v) is 5.09. The Kier molecular flexibility index (Phi) is 2.21. The number of halogens is 1. The van der Waals surface area contributed by atoms with Gasteiger partial charge >= 0.3 is 0 Å². The number of aliphatic hydroxyl groups excluding tert-OH is 1. The van der Waals surface area contributed by atoms with Gasteiger partial charge in [-0.3, -0.25) is 0 Å². The van der Waals surface area contributed by atoms with Gasteiger partial charge in [-0.05, 0) is 40.9 Å². The minimum absolute atomic E-state index is 0.120. The van der Waals surface area contributed by atoms with Gasteiger partial charge in [-0.25, -0.2) is 0 Å². The molecule has 0 atom stereocenters. The average Bonchev–Trinajstić information content (AvgIpc) is 2.46. The lowest BCUT2D eigenvalue weighted by Crippen LogP contribution is -2.49. The third kappa shape index (κ3) is 1.43. The Hall–Kier alpha value is -0.320. The number of hydrogen-bond donors (Lipinski definition) is 2. The molecule has 3 N–H and O–H groups in total. The van der Waals surface area contributed by atoms with E-state index in [-0.39, 0.29) is 11.5 Å². The third-order valence-electron chi connectivity index (χ3n) is 2.74. The SMILES string of the molecule is NCC1(c2ccc(Br)o2)CC(O)C1. The van der Waals surface area contributed by atoms with E-state index < -0.39 is 0 Å². The molecule has 1 aliphatic carbocycles. The van der Waals surface area contributed by atoms with Gasteiger partial charge in [0.25, 0.3) is 0 Å². The highest BCUT2D eigenvalue weighted by atomic mass is 79.9. The van der Waals surface area contributed by atoms with Crippen LogP contribution in [0.1, 0.15) is 18.6 Å². The molecule has 2 rings (SSSR count). The van der Waals surface area contributed by atoms with Crippen LogP contribution in [-0.2, 0) is 5.41 Å². The van der Waals surface area contributed by atoms with Gasteiger partial charge in [-0.1, -0.05) is 0 Å². The first-order chi connectivity index (χ1) is 6.16. The molecule has 1 saturated carbocycles. The zero-order valence-electron chi connectivity index (χ0n) is 7.16. The van der Waals surface area contributed by atoms with E-state index in [4.69, 9.17) is 10.2 Å². The summed E-state index contributed by atoms with van der Waals surface area (Å²) < 4.78 is 6.17. The molecule has 0 saturated heterocycles. The first-order valence-electron chi connectivity index (χ1n) is 4.30. The van der Waals surface area contributed by atoms with E-state index in [9.17, 15) is 5.11 Å². The topological polar surface area (TPSA) is 59.4 Å². The molecule has 1 fully saturated rings. The van der Waals surface area contributed by atoms with Gasteiger partial charge in [0.15, 0.2) is 4.67 Å². The maximum absolute atomic E-state index is 9.27. The molecule has 0 aliphatic heterocycles. The van der Waals surface area contributed by atoms with Crippen molar-refractivity contribution in [2.45, 2.75) is 24.4 Å². The Morgan fingerprint density at radius 1 is 1.62 bits per heavy atom. The van der Waals surface area contributed by atoms with Crippen molar-refractivity contribution >= 4 is 15.9 Å². The van der Waals surface area contributed by atoms with Crippen molar-refractivity contribution in [3.05, 3.63) is 22.6 Å². The van der Waals surface area contributed by atoms with Gasteiger partial charge < -0.3 is 15.3 Å². The largest absolute Gasteiger partial charge is 0.454 e. The van der Waals surface area contributed by atoms with Crippen LogP contribution >= 0.6 is 15.9 Å². The molecule has 13 heavy (non-hydrogen) atoms. The maximum atomic E-state index is 9.27. The second-order valence-electron chi connectivity index (χ2n) is 3.65. The van der Waals surface area contributed by atoms with E-state index in [1.807, 2.05) is 12.1 Å². The summed E-state index contributed by atoms with van der Waals surface area (Å²) in [6.45, 7) is 0.532. The predicted molar refractivity (Wildman–Crippen MR) is 52.4 cm³/mol. The standard InChI is InChI=1S/C9H12BrNO2/c10-8-2-1-7(13-8)9(5-11)3-6(12)4-9/h1-2,6,12H,3-5,11H2. The molecule has 0 unspecified atom stereocenters. The number of nitrogens with two attached hydrogens (primary N) is 1. The van der Waals surface area contributed by atoms with Crippen LogP contribution in [0.25, 0.3) is 0 Å². The van der Waals surface area contributed by atoms with Crippen LogP contribution in [0.3, 0.4) is 0 Å². The van der Waals surface area contributed by atoms with Crippen molar-refractivity contribution in [2.24, 2.45) is 5.73 Å². The molecule has 1 aromatic heterocycles. The maximum Gasteiger partial charge on any atom is 0.169 e. The fourth-order valence-electron chi connectivity index (χ4n) is 1.91. The molecule has 1 aliphatic rings. The van der Waals surface area contributed by atoms with Crippen LogP contribution in [0.5, 0.6) is 0 Å². The molecule has 0 spiro atoms. The van der Waals surface area contributed by atoms with Gasteiger partial charge in [-0.2, -0.15) is 0 Å². The lowest BCUT2D eigenvalue weighted by Gasteiger charge is -2.42. The fraction of sp³-hybridized carbons (Fsp3) is 0.556. The van der Waals surface area contributed by atoms with Crippen LogP contribution in [0.4, 0.5) is 0 Å². The molecule has 4 heteroatoms. The summed E-state index contributed by atoms with van der Waals surface area (Å²) in [4.78, 5) is 0. The molecule has 1 aromatic rings. The summed E-state index contributed by atoms with van der Waals surface area (Å²) in [6, 6.07) is 3.78. The zero-order chi connectivity index (χ0) is 9.47. The molecular weight excluding hydrogens is 234 g/mol. The van der Waals surface area contributed by atoms with E-state index in [0.29, 0.717) is 19.4 Å². The summed E-state index contributed by atoms with van der Waals surface area (Å²) in [5.74, 6) is 0.882. The van der Waals surface area contributed by atoms with Crippen molar-refractivity contribution in [3.63, 3.8) is 0 Å². The van der Waals surface area contributed by atoms with Gasteiger partial charge in [0.05, 0.1) is 6.10 Å². The molecule has 0 aromatic carbocycles. The van der Waals surface area contributed by atoms with Gasteiger partial charge in [0, 0.05) is 12.0 Å². The van der Waals surface area contributed by atoms with Crippen molar-refractivity contribution < 1.29 is 9.52 Å². The zero-order valence-corrected chi connectivity index (χ0v) is 8.75. The minimum Gasteiger partial charge on any atom is -0.454 e. The summed E-state index contributed by atoms with van der Waals surface area (Å²) in [7, 11) is 0. The van der Waals surface area contributed by atoms with Crippen molar-refractivity contribution in [2.75, 3.05) is 6.54 Å². The van der Waals surface area contributed by atoms with E-state index in [0.717, 1.165) is 10.4 Å². The molecule has 1 heterocycles. The Labute approximate surface area is 85.0 Å². The Balaban J connectivity index is 2.23. The normalized spacial score (nSPS) is 33.0. The van der Waals surface area contributed by atoms with Crippen LogP contribution in [0.15, 0.2) is 21.2 Å². The fourth-order valence-corrected chi connectivity index (χ4v) is 2.22. The highest BCUT2D eigenvalue weighted by Gasteiger charge is 2.46. The first kappa shape index (κ1) is 9.24. The Bertz CT molecular complexity index is 304. The quantitative estimate of drug-likeness (QED) is 0.829. The van der Waals surface area contributed by atoms with Crippen molar-refractivity contribution in [1.29, 1.82) is 0 Å². The monoisotopic (exact) mass is 245 g/mol. The van der Waals surface area contributed by atoms with Gasteiger partial charge in [0.1, 0.15) is 5.76 Å². The van der Waals surface area contributed by atoms with E-state index in [2.05, 4.69) is 15.9 Å². The summed E-state index contributed by atoms with van der Waals surface area (Å²) in [5, 5.41) is 9.27. The molecule has 72 valence electrons. The predicted octanol–water partition coefficient (Wildman–Crippen LogP) is 1.39. The summed E-state index contributed by atoms with van der Waals surface area (Å²) in [6.07, 6.45) is 1.21. The molecule has 0 amide bonds. The highest BCUT2D eigenvalue weighted by Crippen LogP contribution is 2.44. The average molecular weight is 246 g/mol. The summed E-state index contributed by atoms with van der Waals surface area (Å²) >= 11 is 3.25. The van der Waals surface area contributed by atoms with Crippen molar-refractivity contribution in [1.82, 2.24) is 0 Å². The number of furan rings is 1. The van der Waals surface area contributed by atoms with E-state index >= 15 is 0 Å². The highest BCUT2D eigenvalue weighted by molar-refractivity contribution is 9.10. The van der Waals surface area contributed by atoms with Gasteiger partial charge in [-0.15, -0.1) is 0 Å². The molecular formula is C9H12BrNO2. The Morgan fingerprint density at radius 2 is 2.31 bits per heavy atom. The number of hydrogen-bond acceptors (Lipinski definition) is 3. The van der Waals surface area contributed by atoms with E-state index in [1.54, 1.807) is 0 Å². The Morgan fingerprint density at radius 3 is 2.69 bits per heavy atom. The van der Waals surface area contributed by atoms with Crippen LogP contribution < -0.4 is 5.73 Å². The van der Waals surface area contributed by atoms with Crippen molar-refractivity contribution in [3.8, 4) is 0 Å². The summed E-state index contributed by atoms with van der Waals surface area (Å²) in [5.41, 5.74) is 5.57. The lowest BCUT2D eigenvalue weighted by molar-refractivity contribution is 0.0111.